The molecule has 1 fully saturated rings. The summed E-state index contributed by atoms with van der Waals surface area (Å²) in [7, 11) is -4.21. The third-order valence-corrected chi connectivity index (χ3v) is 11.1. The molecule has 1 N–H and O–H groups in total. The zero-order valence-electron chi connectivity index (χ0n) is 28.1. The van der Waals surface area contributed by atoms with Crippen LogP contribution in [0.15, 0.2) is 112 Å². The van der Waals surface area contributed by atoms with Gasteiger partial charge in [0.1, 0.15) is 18.3 Å². The number of halogens is 1. The first-order valence-corrected chi connectivity index (χ1v) is 19.1. The second-order valence-corrected chi connectivity index (χ2v) is 15.2. The minimum atomic E-state index is -4.21. The number of sulfonamides is 1. The maximum atomic E-state index is 14.7. The molecule has 1 aliphatic carbocycles. The van der Waals surface area contributed by atoms with Crippen molar-refractivity contribution in [3.8, 4) is 5.75 Å². The van der Waals surface area contributed by atoms with Gasteiger partial charge in [-0.25, -0.2) is 8.42 Å². The predicted octanol–water partition coefficient (Wildman–Crippen LogP) is 7.44. The molecule has 0 aliphatic heterocycles. The molecule has 0 bridgehead atoms. The van der Waals surface area contributed by atoms with Gasteiger partial charge in [0.15, 0.2) is 0 Å². The average Bonchev–Trinajstić information content (AvgIpc) is 3.11. The van der Waals surface area contributed by atoms with E-state index in [0.717, 1.165) is 57.6 Å². The second-order valence-electron chi connectivity index (χ2n) is 12.4. The summed E-state index contributed by atoms with van der Waals surface area (Å²) in [6, 6.07) is 29.6. The molecule has 10 heteroatoms. The molecule has 2 amide bonds. The van der Waals surface area contributed by atoms with E-state index in [2.05, 4.69) is 21.2 Å². The van der Waals surface area contributed by atoms with E-state index >= 15 is 0 Å². The Morgan fingerprint density at radius 3 is 2.14 bits per heavy atom. The summed E-state index contributed by atoms with van der Waals surface area (Å²) in [5.41, 5.74) is 3.02. The third-order valence-electron chi connectivity index (χ3n) is 8.81. The number of amides is 2. The minimum absolute atomic E-state index is 0.0275. The van der Waals surface area contributed by atoms with Crippen LogP contribution in [-0.2, 0) is 32.6 Å². The number of aryl methyl sites for hydroxylation is 1. The van der Waals surface area contributed by atoms with Gasteiger partial charge in [-0.15, -0.1) is 0 Å². The summed E-state index contributed by atoms with van der Waals surface area (Å²) in [5.74, 6) is -0.178. The summed E-state index contributed by atoms with van der Waals surface area (Å²) < 4.78 is 36.2. The van der Waals surface area contributed by atoms with Crippen molar-refractivity contribution in [3.63, 3.8) is 0 Å². The van der Waals surface area contributed by atoms with Crippen molar-refractivity contribution in [2.24, 2.45) is 0 Å². The largest absolute Gasteiger partial charge is 0.494 e. The Morgan fingerprint density at radius 1 is 0.857 bits per heavy atom. The van der Waals surface area contributed by atoms with Crippen molar-refractivity contribution in [2.75, 3.05) is 17.5 Å². The second kappa shape index (κ2) is 17.0. The van der Waals surface area contributed by atoms with Gasteiger partial charge in [0.05, 0.1) is 17.2 Å². The average molecular weight is 747 g/mol. The van der Waals surface area contributed by atoms with Crippen molar-refractivity contribution < 1.29 is 22.7 Å². The summed E-state index contributed by atoms with van der Waals surface area (Å²) in [5, 5.41) is 3.25. The highest BCUT2D eigenvalue weighted by molar-refractivity contribution is 9.10. The first-order valence-electron chi connectivity index (χ1n) is 16.8. The molecule has 1 saturated carbocycles. The fraction of sp³-hybridized carbons (Fsp3) is 0.333. The molecule has 4 aromatic rings. The van der Waals surface area contributed by atoms with E-state index in [-0.39, 0.29) is 29.8 Å². The minimum Gasteiger partial charge on any atom is -0.494 e. The fourth-order valence-electron chi connectivity index (χ4n) is 6.13. The molecule has 5 rings (SSSR count). The molecule has 8 nitrogen and oxygen atoms in total. The van der Waals surface area contributed by atoms with Gasteiger partial charge in [-0.05, 0) is 86.3 Å². The van der Waals surface area contributed by atoms with Gasteiger partial charge in [0.2, 0.25) is 11.8 Å². The van der Waals surface area contributed by atoms with E-state index in [1.807, 2.05) is 80.6 Å². The lowest BCUT2D eigenvalue weighted by molar-refractivity contribution is -0.140. The Bertz CT molecular complexity index is 1780. The van der Waals surface area contributed by atoms with Gasteiger partial charge in [-0.1, -0.05) is 95.4 Å². The maximum Gasteiger partial charge on any atom is 0.264 e. The number of carbonyl (C=O) groups is 2. The first-order chi connectivity index (χ1) is 23.6. The number of benzene rings is 4. The Morgan fingerprint density at radius 2 is 1.51 bits per heavy atom. The van der Waals surface area contributed by atoms with Crippen LogP contribution in [0, 0.1) is 6.92 Å². The van der Waals surface area contributed by atoms with Crippen molar-refractivity contribution in [1.29, 1.82) is 0 Å². The topological polar surface area (TPSA) is 96.0 Å². The Hall–Kier alpha value is -4.15. The van der Waals surface area contributed by atoms with Crippen LogP contribution in [0.3, 0.4) is 0 Å². The van der Waals surface area contributed by atoms with Crippen LogP contribution in [-0.4, -0.2) is 50.4 Å². The van der Waals surface area contributed by atoms with Gasteiger partial charge < -0.3 is 15.0 Å². The van der Waals surface area contributed by atoms with Crippen LogP contribution in [0.25, 0.3) is 0 Å². The maximum absolute atomic E-state index is 14.7. The molecular formula is C39H44BrN3O5S. The summed E-state index contributed by atoms with van der Waals surface area (Å²) >= 11 is 3.49. The standard InChI is InChI=1S/C39H44BrN3O5S/c1-3-48-35-22-24-36(25-23-35)49(46,47)43(34-20-14-29(2)15-21-34)28-38(44)42(27-31-16-18-32(40)19-17-31)37(26-30-10-6-4-7-11-30)39(45)41-33-12-8-5-9-13-33/h4,6-7,10-11,14-25,33,37H,3,5,8-9,12-13,26-28H2,1-2H3,(H,41,45). The number of nitrogens with zero attached hydrogens (tertiary/aromatic N) is 2. The monoisotopic (exact) mass is 745 g/mol. The zero-order chi connectivity index (χ0) is 34.8. The Balaban J connectivity index is 1.55. The number of hydrogen-bond acceptors (Lipinski definition) is 5. The lowest BCUT2D eigenvalue weighted by atomic mass is 9.94. The zero-order valence-corrected chi connectivity index (χ0v) is 30.5. The molecule has 0 spiro atoms. The number of nitrogens with one attached hydrogen (secondary N) is 1. The lowest BCUT2D eigenvalue weighted by Gasteiger charge is -2.35. The number of anilines is 1. The molecule has 1 aliphatic rings. The van der Waals surface area contributed by atoms with Crippen molar-refractivity contribution >= 4 is 43.5 Å². The molecule has 49 heavy (non-hydrogen) atoms. The van der Waals surface area contributed by atoms with Crippen LogP contribution in [0.2, 0.25) is 0 Å². The van der Waals surface area contributed by atoms with Gasteiger partial charge in [0.25, 0.3) is 10.0 Å². The predicted molar refractivity (Wildman–Crippen MR) is 197 cm³/mol. The highest BCUT2D eigenvalue weighted by Crippen LogP contribution is 2.27. The third kappa shape index (κ3) is 9.73. The molecule has 1 unspecified atom stereocenters. The van der Waals surface area contributed by atoms with Crippen molar-refractivity contribution in [3.05, 3.63) is 124 Å². The number of rotatable bonds is 14. The molecule has 0 radical (unpaired) electrons. The van der Waals surface area contributed by atoms with E-state index in [1.54, 1.807) is 29.2 Å². The first kappa shape index (κ1) is 36.1. The van der Waals surface area contributed by atoms with Crippen LogP contribution in [0.4, 0.5) is 5.69 Å². The highest BCUT2D eigenvalue weighted by atomic mass is 79.9. The smallest absolute Gasteiger partial charge is 0.264 e. The number of carbonyl (C=O) groups excluding carboxylic acids is 2. The van der Waals surface area contributed by atoms with Crippen LogP contribution in [0.5, 0.6) is 5.75 Å². The van der Waals surface area contributed by atoms with Crippen LogP contribution in [0.1, 0.15) is 55.7 Å². The lowest BCUT2D eigenvalue weighted by Crippen LogP contribution is -2.55. The van der Waals surface area contributed by atoms with Crippen molar-refractivity contribution in [1.82, 2.24) is 10.2 Å². The van der Waals surface area contributed by atoms with E-state index < -0.39 is 28.5 Å². The SMILES string of the molecule is CCOc1ccc(S(=O)(=O)N(CC(=O)N(Cc2ccc(Br)cc2)C(Cc2ccccc2)C(=O)NC2CCCCC2)c2ccc(C)cc2)cc1. The normalized spacial score (nSPS) is 14.1. The molecule has 0 aromatic heterocycles. The van der Waals surface area contributed by atoms with Crippen molar-refractivity contribution in [2.45, 2.75) is 75.9 Å². The molecule has 4 aromatic carbocycles. The molecule has 258 valence electrons. The Labute approximate surface area is 298 Å². The van der Waals surface area contributed by atoms with E-state index in [4.69, 9.17) is 4.74 Å². The summed E-state index contributed by atoms with van der Waals surface area (Å²) in [4.78, 5) is 30.5. The van der Waals surface area contributed by atoms with E-state index in [9.17, 15) is 18.0 Å². The quantitative estimate of drug-likeness (QED) is 0.145. The van der Waals surface area contributed by atoms with Gasteiger partial charge >= 0.3 is 0 Å². The molecule has 0 heterocycles. The molecule has 0 saturated heterocycles. The summed E-state index contributed by atoms with van der Waals surface area (Å²) in [6.07, 6.45) is 5.30. The molecular weight excluding hydrogens is 702 g/mol. The van der Waals surface area contributed by atoms with Crippen LogP contribution >= 0.6 is 15.9 Å². The number of hydrogen-bond donors (Lipinski definition) is 1. The fourth-order valence-corrected chi connectivity index (χ4v) is 7.80. The molecule has 1 atom stereocenters. The van der Waals surface area contributed by atoms with Crippen LogP contribution < -0.4 is 14.4 Å². The Kier molecular flexibility index (Phi) is 12.5. The summed E-state index contributed by atoms with van der Waals surface area (Å²) in [6.45, 7) is 3.83. The van der Waals surface area contributed by atoms with Gasteiger partial charge in [0, 0.05) is 23.5 Å². The van der Waals surface area contributed by atoms with E-state index in [1.165, 1.54) is 12.1 Å². The van der Waals surface area contributed by atoms with E-state index in [0.29, 0.717) is 18.0 Å². The highest BCUT2D eigenvalue weighted by Gasteiger charge is 2.35. The van der Waals surface area contributed by atoms with Gasteiger partial charge in [-0.3, -0.25) is 13.9 Å². The number of ether oxygens (including phenoxy) is 1. The van der Waals surface area contributed by atoms with Gasteiger partial charge in [-0.2, -0.15) is 0 Å².